The van der Waals surface area contributed by atoms with Gasteiger partial charge in [-0.05, 0) is 44.0 Å². The van der Waals surface area contributed by atoms with Crippen LogP contribution in [0.3, 0.4) is 0 Å². The van der Waals surface area contributed by atoms with E-state index in [1.165, 1.54) is 0 Å². The molecule has 1 atom stereocenters. The van der Waals surface area contributed by atoms with Gasteiger partial charge in [-0.25, -0.2) is 0 Å². The fourth-order valence-corrected chi connectivity index (χ4v) is 2.87. The van der Waals surface area contributed by atoms with E-state index in [2.05, 4.69) is 10.5 Å². The summed E-state index contributed by atoms with van der Waals surface area (Å²) in [4.78, 5) is 37.9. The maximum Gasteiger partial charge on any atom is 0.311 e. The number of carbonyl (C=O) groups excluding carboxylic acids is 3. The van der Waals surface area contributed by atoms with E-state index in [4.69, 9.17) is 9.26 Å². The lowest BCUT2D eigenvalue weighted by molar-refractivity contribution is -0.151. The number of anilines is 2. The highest BCUT2D eigenvalue weighted by atomic mass is 16.5. The summed E-state index contributed by atoms with van der Waals surface area (Å²) in [6.45, 7) is 5.46. The molecule has 0 spiro atoms. The summed E-state index contributed by atoms with van der Waals surface area (Å²) < 4.78 is 9.89. The number of nitrogens with one attached hydrogen (secondary N) is 1. The van der Waals surface area contributed by atoms with Crippen LogP contribution < -0.4 is 10.2 Å². The van der Waals surface area contributed by atoms with Crippen molar-refractivity contribution in [3.8, 4) is 0 Å². The van der Waals surface area contributed by atoms with Gasteiger partial charge in [0.25, 0.3) is 5.91 Å². The first-order valence-corrected chi connectivity index (χ1v) is 8.61. The Morgan fingerprint density at radius 1 is 1.26 bits per heavy atom. The SMILES string of the molecule is Cc1cc(NC(=O)COC(=O)[C@H]2CC(=O)N(c3ccc(C)c(C)c3)C2)no1. The standard InChI is InChI=1S/C19H21N3O5/c1-11-4-5-15(6-12(11)2)22-9-14(8-18(22)24)19(25)26-10-17(23)20-16-7-13(3)27-21-16/h4-7,14H,8-10H2,1-3H3,(H,20,21,23)/t14-/m0/s1. The second-order valence-electron chi connectivity index (χ2n) is 6.65. The number of carbonyl (C=O) groups is 3. The summed E-state index contributed by atoms with van der Waals surface area (Å²) in [6.07, 6.45) is 0.0653. The van der Waals surface area contributed by atoms with Gasteiger partial charge in [-0.2, -0.15) is 0 Å². The lowest BCUT2D eigenvalue weighted by atomic mass is 10.1. The van der Waals surface area contributed by atoms with E-state index in [1.54, 1.807) is 17.9 Å². The highest BCUT2D eigenvalue weighted by molar-refractivity contribution is 6.00. The maximum absolute atomic E-state index is 12.3. The molecule has 2 amide bonds. The number of aryl methyl sites for hydroxylation is 3. The second-order valence-corrected chi connectivity index (χ2v) is 6.65. The van der Waals surface area contributed by atoms with Crippen molar-refractivity contribution >= 4 is 29.3 Å². The first kappa shape index (κ1) is 18.6. The number of benzene rings is 1. The minimum Gasteiger partial charge on any atom is -0.455 e. The molecule has 142 valence electrons. The lowest BCUT2D eigenvalue weighted by Gasteiger charge is -2.17. The number of aromatic nitrogens is 1. The van der Waals surface area contributed by atoms with E-state index in [9.17, 15) is 14.4 Å². The average molecular weight is 371 g/mol. The van der Waals surface area contributed by atoms with Gasteiger partial charge in [0, 0.05) is 24.7 Å². The van der Waals surface area contributed by atoms with E-state index in [1.807, 2.05) is 32.0 Å². The fraction of sp³-hybridized carbons (Fsp3) is 0.368. The first-order valence-electron chi connectivity index (χ1n) is 8.61. The Morgan fingerprint density at radius 2 is 2.04 bits per heavy atom. The third-order valence-corrected chi connectivity index (χ3v) is 4.50. The van der Waals surface area contributed by atoms with Gasteiger partial charge >= 0.3 is 5.97 Å². The van der Waals surface area contributed by atoms with Crippen molar-refractivity contribution in [3.05, 3.63) is 41.2 Å². The molecule has 3 rings (SSSR count). The number of nitrogens with zero attached hydrogens (tertiary/aromatic N) is 2. The van der Waals surface area contributed by atoms with Crippen molar-refractivity contribution < 1.29 is 23.6 Å². The molecular formula is C19H21N3O5. The Hall–Kier alpha value is -3.16. The maximum atomic E-state index is 12.3. The number of hydrogen-bond donors (Lipinski definition) is 1. The van der Waals surface area contributed by atoms with Crippen molar-refractivity contribution in [2.24, 2.45) is 5.92 Å². The lowest BCUT2D eigenvalue weighted by Crippen LogP contribution is -2.28. The topological polar surface area (TPSA) is 102 Å². The van der Waals surface area contributed by atoms with Crippen LogP contribution in [0.25, 0.3) is 0 Å². The zero-order chi connectivity index (χ0) is 19.6. The van der Waals surface area contributed by atoms with Crippen LogP contribution >= 0.6 is 0 Å². The molecule has 1 fully saturated rings. The molecule has 1 N–H and O–H groups in total. The Kier molecular flexibility index (Phi) is 5.25. The summed E-state index contributed by atoms with van der Waals surface area (Å²) >= 11 is 0. The van der Waals surface area contributed by atoms with Crippen molar-refractivity contribution in [1.82, 2.24) is 5.16 Å². The molecule has 8 heteroatoms. The van der Waals surface area contributed by atoms with Gasteiger partial charge in [0.15, 0.2) is 12.4 Å². The largest absolute Gasteiger partial charge is 0.455 e. The van der Waals surface area contributed by atoms with Gasteiger partial charge in [0.2, 0.25) is 5.91 Å². The summed E-state index contributed by atoms with van der Waals surface area (Å²) in [5.74, 6) is -1.01. The first-order chi connectivity index (χ1) is 12.8. The van der Waals surface area contributed by atoms with Crippen LogP contribution in [0, 0.1) is 26.7 Å². The number of ether oxygens (including phenoxy) is 1. The van der Waals surface area contributed by atoms with E-state index in [0.29, 0.717) is 5.76 Å². The molecule has 1 aliphatic rings. The molecule has 0 unspecified atom stereocenters. The van der Waals surface area contributed by atoms with Gasteiger partial charge in [-0.3, -0.25) is 14.4 Å². The van der Waals surface area contributed by atoms with Gasteiger partial charge in [0.05, 0.1) is 5.92 Å². The Bertz CT molecular complexity index is 889. The number of amides is 2. The smallest absolute Gasteiger partial charge is 0.311 e. The monoisotopic (exact) mass is 371 g/mol. The third kappa shape index (κ3) is 4.33. The van der Waals surface area contributed by atoms with Crippen molar-refractivity contribution in [3.63, 3.8) is 0 Å². The summed E-state index contributed by atoms with van der Waals surface area (Å²) in [7, 11) is 0. The molecule has 1 aliphatic heterocycles. The summed E-state index contributed by atoms with van der Waals surface area (Å²) in [5, 5.41) is 6.09. The van der Waals surface area contributed by atoms with Crippen LogP contribution in [-0.2, 0) is 19.1 Å². The molecular weight excluding hydrogens is 350 g/mol. The van der Waals surface area contributed by atoms with Crippen LogP contribution in [0.1, 0.15) is 23.3 Å². The predicted molar refractivity (Wildman–Crippen MR) is 97.2 cm³/mol. The molecule has 0 radical (unpaired) electrons. The van der Waals surface area contributed by atoms with E-state index >= 15 is 0 Å². The molecule has 2 aromatic rings. The number of rotatable bonds is 5. The molecule has 2 heterocycles. The Labute approximate surface area is 156 Å². The molecule has 1 saturated heterocycles. The summed E-state index contributed by atoms with van der Waals surface area (Å²) in [6, 6.07) is 7.28. The second kappa shape index (κ2) is 7.61. The molecule has 1 aromatic heterocycles. The van der Waals surface area contributed by atoms with Gasteiger partial charge in [0.1, 0.15) is 5.76 Å². The highest BCUT2D eigenvalue weighted by Crippen LogP contribution is 2.27. The van der Waals surface area contributed by atoms with Crippen LogP contribution in [-0.4, -0.2) is 36.1 Å². The molecule has 27 heavy (non-hydrogen) atoms. The third-order valence-electron chi connectivity index (χ3n) is 4.50. The van der Waals surface area contributed by atoms with E-state index < -0.39 is 24.4 Å². The molecule has 8 nitrogen and oxygen atoms in total. The van der Waals surface area contributed by atoms with E-state index in [-0.39, 0.29) is 24.7 Å². The normalized spacial score (nSPS) is 16.5. The Morgan fingerprint density at radius 3 is 2.70 bits per heavy atom. The van der Waals surface area contributed by atoms with Crippen LogP contribution in [0.4, 0.5) is 11.5 Å². The fourth-order valence-electron chi connectivity index (χ4n) is 2.87. The Balaban J connectivity index is 1.54. The van der Waals surface area contributed by atoms with Crippen LogP contribution in [0.2, 0.25) is 0 Å². The zero-order valence-electron chi connectivity index (χ0n) is 15.4. The predicted octanol–water partition coefficient (Wildman–Crippen LogP) is 2.13. The quantitative estimate of drug-likeness (QED) is 0.808. The summed E-state index contributed by atoms with van der Waals surface area (Å²) in [5.41, 5.74) is 2.97. The minimum absolute atomic E-state index is 0.0653. The van der Waals surface area contributed by atoms with E-state index in [0.717, 1.165) is 16.8 Å². The van der Waals surface area contributed by atoms with Gasteiger partial charge < -0.3 is 19.5 Å². The number of esters is 1. The van der Waals surface area contributed by atoms with Gasteiger partial charge in [-0.1, -0.05) is 11.2 Å². The van der Waals surface area contributed by atoms with Crippen molar-refractivity contribution in [2.45, 2.75) is 27.2 Å². The van der Waals surface area contributed by atoms with Crippen LogP contribution in [0.5, 0.6) is 0 Å². The number of hydrogen-bond acceptors (Lipinski definition) is 6. The van der Waals surface area contributed by atoms with Gasteiger partial charge in [-0.15, -0.1) is 0 Å². The molecule has 1 aromatic carbocycles. The average Bonchev–Trinajstić information content (AvgIpc) is 3.21. The highest BCUT2D eigenvalue weighted by Gasteiger charge is 2.36. The van der Waals surface area contributed by atoms with Crippen molar-refractivity contribution in [2.75, 3.05) is 23.4 Å². The molecule has 0 bridgehead atoms. The molecule has 0 aliphatic carbocycles. The van der Waals surface area contributed by atoms with Crippen LogP contribution in [0.15, 0.2) is 28.8 Å². The van der Waals surface area contributed by atoms with Crippen molar-refractivity contribution in [1.29, 1.82) is 0 Å². The minimum atomic E-state index is -0.596. The zero-order valence-corrected chi connectivity index (χ0v) is 15.4. The molecule has 0 saturated carbocycles.